The van der Waals surface area contributed by atoms with Gasteiger partial charge in [0.05, 0.1) is 36.4 Å². The van der Waals surface area contributed by atoms with Crippen LogP contribution in [0.15, 0.2) is 22.9 Å². The molecule has 0 bridgehead atoms. The Morgan fingerprint density at radius 2 is 1.94 bits per heavy atom. The Balaban J connectivity index is 1.20. The minimum absolute atomic E-state index is 0.123. The van der Waals surface area contributed by atoms with E-state index in [2.05, 4.69) is 15.2 Å². The summed E-state index contributed by atoms with van der Waals surface area (Å²) in [6, 6.07) is 3.39. The Morgan fingerprint density at radius 1 is 1.13 bits per heavy atom. The largest absolute Gasteiger partial charge is 0.377 e. The molecular formula is C22H24FN5O3. The maximum Gasteiger partial charge on any atom is 0.258 e. The molecule has 31 heavy (non-hydrogen) atoms. The van der Waals surface area contributed by atoms with Gasteiger partial charge in [0.2, 0.25) is 5.91 Å². The van der Waals surface area contributed by atoms with Crippen LogP contribution in [0, 0.1) is 11.7 Å². The average molecular weight is 425 g/mol. The molecule has 2 saturated heterocycles. The van der Waals surface area contributed by atoms with Crippen molar-refractivity contribution in [1.82, 2.24) is 24.8 Å². The molecule has 0 atom stereocenters. The first-order chi connectivity index (χ1) is 15.2. The Bertz CT molecular complexity index is 1130. The number of piperidine rings is 1. The average Bonchev–Trinajstić information content (AvgIpc) is 3.34. The highest BCUT2D eigenvalue weighted by Crippen LogP contribution is 2.34. The van der Waals surface area contributed by atoms with E-state index in [9.17, 15) is 9.18 Å². The summed E-state index contributed by atoms with van der Waals surface area (Å²) in [4.78, 5) is 19.0. The molecule has 0 N–H and O–H groups in total. The first-order valence-electron chi connectivity index (χ1n) is 11.0. The van der Waals surface area contributed by atoms with Crippen LogP contribution in [0.1, 0.15) is 49.9 Å². The second kappa shape index (κ2) is 7.40. The van der Waals surface area contributed by atoms with Crippen LogP contribution in [-0.4, -0.2) is 57.0 Å². The fourth-order valence-electron chi connectivity index (χ4n) is 4.67. The molecule has 1 amide bonds. The summed E-state index contributed by atoms with van der Waals surface area (Å²) in [6.07, 6.45) is 6.41. The number of rotatable bonds is 4. The van der Waals surface area contributed by atoms with Gasteiger partial charge in [0.1, 0.15) is 5.82 Å². The van der Waals surface area contributed by atoms with Crippen LogP contribution in [0.4, 0.5) is 4.39 Å². The lowest BCUT2D eigenvalue weighted by Crippen LogP contribution is -2.43. The molecule has 2 aromatic heterocycles. The number of fused-ring (bicyclic) bond motifs is 1. The summed E-state index contributed by atoms with van der Waals surface area (Å²) in [5.74, 6) is 1.26. The molecule has 0 radical (unpaired) electrons. The van der Waals surface area contributed by atoms with Crippen molar-refractivity contribution < 1.29 is 18.4 Å². The molecule has 9 heteroatoms. The zero-order valence-electron chi connectivity index (χ0n) is 17.2. The van der Waals surface area contributed by atoms with Gasteiger partial charge in [-0.1, -0.05) is 11.6 Å². The van der Waals surface area contributed by atoms with E-state index < -0.39 is 0 Å². The zero-order chi connectivity index (χ0) is 20.9. The molecule has 0 spiro atoms. The minimum Gasteiger partial charge on any atom is -0.377 e. The second-order valence-corrected chi connectivity index (χ2v) is 8.86. The van der Waals surface area contributed by atoms with Crippen LogP contribution in [-0.2, 0) is 9.53 Å². The van der Waals surface area contributed by atoms with Crippen LogP contribution in [0.3, 0.4) is 0 Å². The summed E-state index contributed by atoms with van der Waals surface area (Å²) in [7, 11) is 0. The summed E-state index contributed by atoms with van der Waals surface area (Å²) >= 11 is 0. The van der Waals surface area contributed by atoms with Gasteiger partial charge in [0, 0.05) is 30.5 Å². The fraction of sp³-hybridized carbons (Fsp3) is 0.545. The predicted octanol–water partition coefficient (Wildman–Crippen LogP) is 3.30. The van der Waals surface area contributed by atoms with Crippen molar-refractivity contribution in [2.75, 3.05) is 26.3 Å². The topological polar surface area (TPSA) is 86.3 Å². The molecule has 3 aliphatic rings. The van der Waals surface area contributed by atoms with Gasteiger partial charge in [0.15, 0.2) is 5.82 Å². The summed E-state index contributed by atoms with van der Waals surface area (Å²) in [5.41, 5.74) is 1.24. The predicted molar refractivity (Wildman–Crippen MR) is 109 cm³/mol. The highest BCUT2D eigenvalue weighted by atomic mass is 19.1. The number of nitrogens with zero attached hydrogens (tertiary/aromatic N) is 5. The smallest absolute Gasteiger partial charge is 0.258 e. The first kappa shape index (κ1) is 18.9. The van der Waals surface area contributed by atoms with Crippen molar-refractivity contribution >= 4 is 16.8 Å². The summed E-state index contributed by atoms with van der Waals surface area (Å²) in [5, 5.41) is 8.98. The van der Waals surface area contributed by atoms with Gasteiger partial charge in [-0.05, 0) is 37.8 Å². The number of hydrogen-bond acceptors (Lipinski definition) is 6. The Labute approximate surface area is 178 Å². The second-order valence-electron chi connectivity index (χ2n) is 8.86. The van der Waals surface area contributed by atoms with Crippen LogP contribution < -0.4 is 0 Å². The molecular weight excluding hydrogens is 401 g/mol. The van der Waals surface area contributed by atoms with Crippen molar-refractivity contribution in [2.45, 2.75) is 44.1 Å². The van der Waals surface area contributed by atoms with Gasteiger partial charge in [-0.2, -0.15) is 10.1 Å². The van der Waals surface area contributed by atoms with Crippen molar-refractivity contribution in [2.24, 2.45) is 5.92 Å². The number of amides is 1. The quantitative estimate of drug-likeness (QED) is 0.638. The van der Waals surface area contributed by atoms with Gasteiger partial charge in [0.25, 0.3) is 5.89 Å². The molecule has 2 aliphatic heterocycles. The van der Waals surface area contributed by atoms with E-state index in [1.54, 1.807) is 10.9 Å². The standard InChI is InChI=1S/C22H24FN5O3/c23-18-8-15(9-19-17(18)10-24-28(19)16-11-30-12-16)21-25-20(26-31-21)13-4-6-27(7-5-13)22(29)14-2-1-3-14/h8-10,13-14,16H,1-7,11-12H2. The number of likely N-dealkylation sites (tertiary alicyclic amines) is 1. The number of halogens is 1. The summed E-state index contributed by atoms with van der Waals surface area (Å²) < 4.78 is 27.3. The van der Waals surface area contributed by atoms with Crippen LogP contribution in [0.5, 0.6) is 0 Å². The lowest BCUT2D eigenvalue weighted by Gasteiger charge is -2.35. The Morgan fingerprint density at radius 3 is 2.61 bits per heavy atom. The lowest BCUT2D eigenvalue weighted by atomic mass is 9.83. The number of aromatic nitrogens is 4. The molecule has 1 aromatic carbocycles. The fourth-order valence-corrected chi connectivity index (χ4v) is 4.67. The van der Waals surface area contributed by atoms with Gasteiger partial charge >= 0.3 is 0 Å². The maximum atomic E-state index is 14.7. The van der Waals surface area contributed by atoms with Gasteiger partial charge in [-0.3, -0.25) is 9.48 Å². The number of carbonyl (C=O) groups excluding carboxylic acids is 1. The zero-order valence-corrected chi connectivity index (χ0v) is 17.2. The van der Waals surface area contributed by atoms with E-state index in [1.807, 2.05) is 11.0 Å². The van der Waals surface area contributed by atoms with Crippen LogP contribution in [0.2, 0.25) is 0 Å². The number of hydrogen-bond donors (Lipinski definition) is 0. The monoisotopic (exact) mass is 425 g/mol. The number of carbonyl (C=O) groups is 1. The van der Waals surface area contributed by atoms with E-state index in [0.717, 1.165) is 38.8 Å². The SMILES string of the molecule is O=C(C1CCC1)N1CCC(c2noc(-c3cc(F)c4cnn(C5COC5)c4c3)n2)CC1. The Kier molecular flexibility index (Phi) is 4.52. The highest BCUT2D eigenvalue weighted by molar-refractivity contribution is 5.84. The van der Waals surface area contributed by atoms with Gasteiger partial charge < -0.3 is 14.2 Å². The molecule has 1 aliphatic carbocycles. The minimum atomic E-state index is -0.360. The molecule has 3 aromatic rings. The molecule has 4 heterocycles. The van der Waals surface area contributed by atoms with Crippen LogP contribution in [0.25, 0.3) is 22.4 Å². The third kappa shape index (κ3) is 3.22. The van der Waals surface area contributed by atoms with Crippen molar-refractivity contribution in [3.05, 3.63) is 30.0 Å². The number of benzene rings is 1. The maximum absolute atomic E-state index is 14.7. The van der Waals surface area contributed by atoms with Crippen molar-refractivity contribution in [3.8, 4) is 11.5 Å². The van der Waals surface area contributed by atoms with Gasteiger partial charge in [-0.15, -0.1) is 0 Å². The lowest BCUT2D eigenvalue weighted by molar-refractivity contribution is -0.139. The molecule has 6 rings (SSSR count). The van der Waals surface area contributed by atoms with E-state index >= 15 is 0 Å². The van der Waals surface area contributed by atoms with Crippen molar-refractivity contribution in [3.63, 3.8) is 0 Å². The molecule has 1 saturated carbocycles. The molecule has 8 nitrogen and oxygen atoms in total. The van der Waals surface area contributed by atoms with E-state index in [1.165, 1.54) is 12.5 Å². The van der Waals surface area contributed by atoms with Crippen LogP contribution >= 0.6 is 0 Å². The highest BCUT2D eigenvalue weighted by Gasteiger charge is 2.33. The van der Waals surface area contributed by atoms with Gasteiger partial charge in [-0.25, -0.2) is 4.39 Å². The van der Waals surface area contributed by atoms with E-state index in [4.69, 9.17) is 9.26 Å². The third-order valence-electron chi connectivity index (χ3n) is 6.95. The molecule has 0 unspecified atom stereocenters. The Hall–Kier alpha value is -2.81. The molecule has 162 valence electrons. The normalized spacial score (nSPS) is 20.7. The molecule has 3 fully saturated rings. The number of ether oxygens (including phenoxy) is 1. The van der Waals surface area contributed by atoms with E-state index in [-0.39, 0.29) is 23.7 Å². The summed E-state index contributed by atoms with van der Waals surface area (Å²) in [6.45, 7) is 2.62. The third-order valence-corrected chi connectivity index (χ3v) is 6.95. The van der Waals surface area contributed by atoms with Crippen molar-refractivity contribution in [1.29, 1.82) is 0 Å². The van der Waals surface area contributed by atoms with E-state index in [0.29, 0.717) is 47.3 Å². The first-order valence-corrected chi connectivity index (χ1v) is 11.0.